The van der Waals surface area contributed by atoms with Gasteiger partial charge in [-0.25, -0.2) is 0 Å². The quantitative estimate of drug-likeness (QED) is 0.815. The van der Waals surface area contributed by atoms with E-state index in [4.69, 9.17) is 5.11 Å². The molecule has 1 unspecified atom stereocenters. The predicted molar refractivity (Wildman–Crippen MR) is 68.0 cm³/mol. The van der Waals surface area contributed by atoms with Gasteiger partial charge in [0.15, 0.2) is 0 Å². The lowest BCUT2D eigenvalue weighted by atomic mass is 10.0. The van der Waals surface area contributed by atoms with Gasteiger partial charge in [-0.15, -0.1) is 0 Å². The van der Waals surface area contributed by atoms with Gasteiger partial charge in [0.05, 0.1) is 12.2 Å². The first-order chi connectivity index (χ1) is 8.11. The van der Waals surface area contributed by atoms with Crippen LogP contribution >= 0.6 is 0 Å². The van der Waals surface area contributed by atoms with Crippen LogP contribution in [0.1, 0.15) is 18.1 Å². The number of aliphatic hydroxyl groups is 2. The van der Waals surface area contributed by atoms with Crippen LogP contribution in [-0.4, -0.2) is 47.0 Å². The van der Waals surface area contributed by atoms with Gasteiger partial charge >= 0.3 is 0 Å². The van der Waals surface area contributed by atoms with Crippen LogP contribution in [0.15, 0.2) is 24.3 Å². The zero-order chi connectivity index (χ0) is 12.3. The molecule has 1 aromatic carbocycles. The molecule has 0 bridgehead atoms. The summed E-state index contributed by atoms with van der Waals surface area (Å²) in [5.41, 5.74) is 1.84. The Morgan fingerprint density at radius 1 is 1.18 bits per heavy atom. The summed E-state index contributed by atoms with van der Waals surface area (Å²) in [6.45, 7) is 3.94. The van der Waals surface area contributed by atoms with E-state index in [2.05, 4.69) is 29.2 Å². The van der Waals surface area contributed by atoms with E-state index in [0.29, 0.717) is 6.54 Å². The molecule has 3 nitrogen and oxygen atoms in total. The van der Waals surface area contributed by atoms with Crippen molar-refractivity contribution in [3.8, 4) is 0 Å². The van der Waals surface area contributed by atoms with E-state index in [9.17, 15) is 5.11 Å². The third kappa shape index (κ3) is 3.28. The first-order valence-corrected chi connectivity index (χ1v) is 6.23. The maximum absolute atomic E-state index is 9.89. The molecule has 0 radical (unpaired) electrons. The number of rotatable bonds is 3. The van der Waals surface area contributed by atoms with Gasteiger partial charge in [0.1, 0.15) is 0 Å². The number of aliphatic hydroxyl groups excluding tert-OH is 1. The Kier molecular flexibility index (Phi) is 3.82. The van der Waals surface area contributed by atoms with E-state index in [-0.39, 0.29) is 6.61 Å². The Bertz CT molecular complexity index is 349. The van der Waals surface area contributed by atoms with E-state index < -0.39 is 5.60 Å². The predicted octanol–water partition coefficient (Wildman–Crippen LogP) is 0.830. The number of nitrogens with zero attached hydrogens (tertiary/aromatic N) is 1. The smallest absolute Gasteiger partial charge is 0.0975 e. The fourth-order valence-corrected chi connectivity index (χ4v) is 2.40. The van der Waals surface area contributed by atoms with Crippen molar-refractivity contribution >= 4 is 0 Å². The Balaban J connectivity index is 2.00. The third-order valence-corrected chi connectivity index (χ3v) is 3.42. The molecule has 0 saturated carbocycles. The molecule has 17 heavy (non-hydrogen) atoms. The maximum Gasteiger partial charge on any atom is 0.0975 e. The SMILES string of the molecule is CC(O)(CO)CN1CCc2ccccc2CC1. The fourth-order valence-electron chi connectivity index (χ4n) is 2.40. The van der Waals surface area contributed by atoms with Crippen molar-refractivity contribution in [3.63, 3.8) is 0 Å². The number of hydrogen-bond donors (Lipinski definition) is 2. The Labute approximate surface area is 103 Å². The molecule has 2 rings (SSSR count). The third-order valence-electron chi connectivity index (χ3n) is 3.42. The van der Waals surface area contributed by atoms with E-state index in [1.54, 1.807) is 6.92 Å². The topological polar surface area (TPSA) is 43.7 Å². The molecule has 1 aliphatic heterocycles. The molecular weight excluding hydrogens is 214 g/mol. The summed E-state index contributed by atoms with van der Waals surface area (Å²) >= 11 is 0. The van der Waals surface area contributed by atoms with Crippen LogP contribution < -0.4 is 0 Å². The van der Waals surface area contributed by atoms with Crippen molar-refractivity contribution < 1.29 is 10.2 Å². The van der Waals surface area contributed by atoms with Crippen LogP contribution in [0.5, 0.6) is 0 Å². The van der Waals surface area contributed by atoms with Crippen LogP contribution in [0, 0.1) is 0 Å². The highest BCUT2D eigenvalue weighted by Crippen LogP contribution is 2.17. The first-order valence-electron chi connectivity index (χ1n) is 6.23. The van der Waals surface area contributed by atoms with Crippen LogP contribution in [0.4, 0.5) is 0 Å². The summed E-state index contributed by atoms with van der Waals surface area (Å²) < 4.78 is 0. The number of β-amino-alcohol motifs (C(OH)–C–C–N with tert-alkyl or cyclic N) is 1. The first kappa shape index (κ1) is 12.6. The number of fused-ring (bicyclic) bond motifs is 1. The summed E-state index contributed by atoms with van der Waals surface area (Å²) in [5, 5.41) is 19.0. The summed E-state index contributed by atoms with van der Waals surface area (Å²) in [6.07, 6.45) is 2.05. The second-order valence-electron chi connectivity index (χ2n) is 5.20. The molecule has 1 heterocycles. The second kappa shape index (κ2) is 5.17. The van der Waals surface area contributed by atoms with Crippen LogP contribution in [0.25, 0.3) is 0 Å². The molecule has 0 fully saturated rings. The van der Waals surface area contributed by atoms with Gasteiger partial charge in [0.25, 0.3) is 0 Å². The summed E-state index contributed by atoms with van der Waals surface area (Å²) in [4.78, 5) is 2.23. The minimum absolute atomic E-state index is 0.184. The molecule has 0 aliphatic carbocycles. The minimum atomic E-state index is -0.990. The molecule has 0 spiro atoms. The van der Waals surface area contributed by atoms with Gasteiger partial charge in [-0.3, -0.25) is 4.90 Å². The van der Waals surface area contributed by atoms with Crippen molar-refractivity contribution in [2.75, 3.05) is 26.2 Å². The lowest BCUT2D eigenvalue weighted by Gasteiger charge is -2.29. The number of benzene rings is 1. The van der Waals surface area contributed by atoms with Gasteiger partial charge in [-0.1, -0.05) is 24.3 Å². The molecule has 0 amide bonds. The summed E-state index contributed by atoms with van der Waals surface area (Å²) in [7, 11) is 0. The van der Waals surface area contributed by atoms with Gasteiger partial charge in [-0.05, 0) is 30.9 Å². The van der Waals surface area contributed by atoms with Crippen molar-refractivity contribution in [1.82, 2.24) is 4.90 Å². The monoisotopic (exact) mass is 235 g/mol. The van der Waals surface area contributed by atoms with Gasteiger partial charge in [0.2, 0.25) is 0 Å². The molecule has 3 heteroatoms. The van der Waals surface area contributed by atoms with Crippen molar-refractivity contribution in [1.29, 1.82) is 0 Å². The zero-order valence-corrected chi connectivity index (χ0v) is 10.4. The van der Waals surface area contributed by atoms with Gasteiger partial charge in [-0.2, -0.15) is 0 Å². The van der Waals surface area contributed by atoms with Crippen LogP contribution in [0.3, 0.4) is 0 Å². The van der Waals surface area contributed by atoms with Gasteiger partial charge < -0.3 is 10.2 Å². The maximum atomic E-state index is 9.89. The Morgan fingerprint density at radius 2 is 1.71 bits per heavy atom. The van der Waals surface area contributed by atoms with E-state index in [1.807, 2.05) is 0 Å². The molecule has 1 aliphatic rings. The molecule has 94 valence electrons. The zero-order valence-electron chi connectivity index (χ0n) is 10.4. The van der Waals surface area contributed by atoms with Crippen LogP contribution in [-0.2, 0) is 12.8 Å². The molecule has 0 saturated heterocycles. The number of hydrogen-bond acceptors (Lipinski definition) is 3. The Hall–Kier alpha value is -0.900. The molecular formula is C14H21NO2. The fraction of sp³-hybridized carbons (Fsp3) is 0.571. The lowest BCUT2D eigenvalue weighted by Crippen LogP contribution is -2.44. The van der Waals surface area contributed by atoms with Crippen LogP contribution in [0.2, 0.25) is 0 Å². The lowest BCUT2D eigenvalue weighted by molar-refractivity contribution is -0.0246. The molecule has 1 atom stereocenters. The average Bonchev–Trinajstić information content (AvgIpc) is 2.52. The van der Waals surface area contributed by atoms with E-state index in [1.165, 1.54) is 11.1 Å². The second-order valence-corrected chi connectivity index (χ2v) is 5.20. The molecule has 2 N–H and O–H groups in total. The van der Waals surface area contributed by atoms with Crippen molar-refractivity contribution in [3.05, 3.63) is 35.4 Å². The highest BCUT2D eigenvalue weighted by molar-refractivity contribution is 5.28. The van der Waals surface area contributed by atoms with E-state index >= 15 is 0 Å². The normalized spacial score (nSPS) is 20.4. The van der Waals surface area contributed by atoms with E-state index in [0.717, 1.165) is 25.9 Å². The highest BCUT2D eigenvalue weighted by atomic mass is 16.3. The Morgan fingerprint density at radius 3 is 2.18 bits per heavy atom. The summed E-state index contributed by atoms with van der Waals surface area (Å²) in [5.74, 6) is 0. The molecule has 0 aromatic heterocycles. The largest absolute Gasteiger partial charge is 0.393 e. The van der Waals surface area contributed by atoms with Crippen molar-refractivity contribution in [2.24, 2.45) is 0 Å². The van der Waals surface area contributed by atoms with Crippen molar-refractivity contribution in [2.45, 2.75) is 25.4 Å². The van der Waals surface area contributed by atoms with Gasteiger partial charge in [0, 0.05) is 19.6 Å². The minimum Gasteiger partial charge on any atom is -0.393 e. The molecule has 1 aromatic rings. The summed E-state index contributed by atoms with van der Waals surface area (Å²) in [6, 6.07) is 8.53. The average molecular weight is 235 g/mol. The highest BCUT2D eigenvalue weighted by Gasteiger charge is 2.24. The standard InChI is InChI=1S/C14H21NO2/c1-14(17,11-16)10-15-8-6-12-4-2-3-5-13(12)7-9-15/h2-5,16-17H,6-11H2,1H3.